The summed E-state index contributed by atoms with van der Waals surface area (Å²) >= 11 is 0. The molecule has 1 aliphatic heterocycles. The summed E-state index contributed by atoms with van der Waals surface area (Å²) in [7, 11) is 0. The van der Waals surface area contributed by atoms with Gasteiger partial charge in [-0.1, -0.05) is 12.8 Å². The number of hydrogen-bond acceptors (Lipinski definition) is 3. The van der Waals surface area contributed by atoms with Gasteiger partial charge in [0, 0.05) is 12.6 Å². The second kappa shape index (κ2) is 5.69. The van der Waals surface area contributed by atoms with E-state index in [1.54, 1.807) is 0 Å². The fraction of sp³-hybridized carbons (Fsp3) is 0.846. The lowest BCUT2D eigenvalue weighted by molar-refractivity contribution is -0.155. The van der Waals surface area contributed by atoms with E-state index in [2.05, 4.69) is 0 Å². The second-order valence-electron chi connectivity index (χ2n) is 5.09. The first kappa shape index (κ1) is 13.3. The van der Waals surface area contributed by atoms with Crippen molar-refractivity contribution >= 4 is 11.9 Å². The van der Waals surface area contributed by atoms with Crippen molar-refractivity contribution in [3.05, 3.63) is 0 Å². The molecule has 102 valence electrons. The van der Waals surface area contributed by atoms with Gasteiger partial charge >= 0.3 is 5.97 Å². The molecule has 1 N–H and O–H groups in total. The van der Waals surface area contributed by atoms with E-state index in [1.165, 1.54) is 12.8 Å². The summed E-state index contributed by atoms with van der Waals surface area (Å²) in [5.74, 6) is -0.984. The van der Waals surface area contributed by atoms with Gasteiger partial charge in [-0.3, -0.25) is 4.79 Å². The van der Waals surface area contributed by atoms with E-state index in [4.69, 9.17) is 9.84 Å². The van der Waals surface area contributed by atoms with Crippen LogP contribution in [0.3, 0.4) is 0 Å². The van der Waals surface area contributed by atoms with E-state index < -0.39 is 18.2 Å². The highest BCUT2D eigenvalue weighted by molar-refractivity contribution is 5.83. The van der Waals surface area contributed by atoms with Crippen LogP contribution < -0.4 is 0 Å². The number of amides is 1. The molecule has 0 aromatic carbocycles. The maximum atomic E-state index is 12.3. The largest absolute Gasteiger partial charge is 0.479 e. The summed E-state index contributed by atoms with van der Waals surface area (Å²) in [4.78, 5) is 25.0. The summed E-state index contributed by atoms with van der Waals surface area (Å²) in [5.41, 5.74) is 0. The summed E-state index contributed by atoms with van der Waals surface area (Å²) in [5, 5.41) is 8.87. The van der Waals surface area contributed by atoms with Crippen molar-refractivity contribution in [3.8, 4) is 0 Å². The fourth-order valence-corrected chi connectivity index (χ4v) is 3.00. The number of nitrogens with zero attached hydrogens (tertiary/aromatic N) is 1. The molecule has 5 heteroatoms. The molecule has 1 aliphatic carbocycles. The fourth-order valence-electron chi connectivity index (χ4n) is 3.00. The van der Waals surface area contributed by atoms with Gasteiger partial charge in [0.15, 0.2) is 6.10 Å². The Morgan fingerprint density at radius 2 is 1.78 bits per heavy atom. The van der Waals surface area contributed by atoms with Crippen molar-refractivity contribution in [2.75, 3.05) is 6.54 Å². The van der Waals surface area contributed by atoms with Crippen molar-refractivity contribution < 1.29 is 19.4 Å². The van der Waals surface area contributed by atoms with Crippen molar-refractivity contribution in [2.45, 2.75) is 63.7 Å². The molecule has 18 heavy (non-hydrogen) atoms. The van der Waals surface area contributed by atoms with Gasteiger partial charge in [-0.2, -0.15) is 0 Å². The first-order valence-electron chi connectivity index (χ1n) is 6.82. The number of carbonyl (C=O) groups is 2. The third kappa shape index (κ3) is 2.66. The number of rotatable bonds is 4. The Morgan fingerprint density at radius 3 is 2.28 bits per heavy atom. The van der Waals surface area contributed by atoms with Crippen LogP contribution in [0.15, 0.2) is 0 Å². The third-order valence-electron chi connectivity index (χ3n) is 3.96. The molecule has 0 aromatic rings. The molecular weight excluding hydrogens is 234 g/mol. The number of ether oxygens (including phenoxy) is 1. The van der Waals surface area contributed by atoms with E-state index in [1.807, 2.05) is 11.8 Å². The Hall–Kier alpha value is -1.10. The van der Waals surface area contributed by atoms with Crippen LogP contribution in [-0.2, 0) is 14.3 Å². The normalized spacial score (nSPS) is 28.5. The topological polar surface area (TPSA) is 66.8 Å². The molecule has 2 rings (SSSR count). The average Bonchev–Trinajstić information content (AvgIpc) is 3.01. The van der Waals surface area contributed by atoms with Gasteiger partial charge < -0.3 is 14.7 Å². The molecule has 1 heterocycles. The smallest absolute Gasteiger partial charge is 0.332 e. The molecule has 1 amide bonds. The van der Waals surface area contributed by atoms with E-state index in [-0.39, 0.29) is 5.91 Å². The summed E-state index contributed by atoms with van der Waals surface area (Å²) in [6.07, 6.45) is 4.10. The molecule has 0 spiro atoms. The minimum atomic E-state index is -0.964. The standard InChI is InChI=1S/C13H21NO4/c1-2-14(9-5-3-4-6-9)12(15)10-7-8-11(18-10)13(16)17/h9-11H,2-8H2,1H3,(H,16,17)/t10-,11+/m0/s1. The first-order chi connectivity index (χ1) is 8.63. The number of hydrogen-bond donors (Lipinski definition) is 1. The van der Waals surface area contributed by atoms with Crippen molar-refractivity contribution in [1.82, 2.24) is 4.90 Å². The highest BCUT2D eigenvalue weighted by Crippen LogP contribution is 2.27. The Balaban J connectivity index is 1.95. The van der Waals surface area contributed by atoms with Crippen LogP contribution in [0.25, 0.3) is 0 Å². The monoisotopic (exact) mass is 255 g/mol. The summed E-state index contributed by atoms with van der Waals surface area (Å²) in [6.45, 7) is 2.65. The van der Waals surface area contributed by atoms with Crippen LogP contribution in [0, 0.1) is 0 Å². The predicted molar refractivity (Wildman–Crippen MR) is 65.2 cm³/mol. The third-order valence-corrected chi connectivity index (χ3v) is 3.96. The number of likely N-dealkylation sites (N-methyl/N-ethyl adjacent to an activating group) is 1. The van der Waals surface area contributed by atoms with E-state index >= 15 is 0 Å². The lowest BCUT2D eigenvalue weighted by atomic mass is 10.1. The Labute approximate surface area is 107 Å². The number of carbonyl (C=O) groups excluding carboxylic acids is 1. The Bertz CT molecular complexity index is 325. The van der Waals surface area contributed by atoms with E-state index in [0.717, 1.165) is 12.8 Å². The van der Waals surface area contributed by atoms with Crippen LogP contribution in [0.4, 0.5) is 0 Å². The van der Waals surface area contributed by atoms with Gasteiger partial charge in [0.05, 0.1) is 0 Å². The maximum absolute atomic E-state index is 12.3. The molecule has 0 aromatic heterocycles. The highest BCUT2D eigenvalue weighted by atomic mass is 16.5. The number of carboxylic acids is 1. The van der Waals surface area contributed by atoms with Crippen LogP contribution in [0.5, 0.6) is 0 Å². The molecule has 0 unspecified atom stereocenters. The molecule has 1 saturated carbocycles. The van der Waals surface area contributed by atoms with Crippen LogP contribution in [0.1, 0.15) is 45.4 Å². The molecule has 2 aliphatic rings. The van der Waals surface area contributed by atoms with Gasteiger partial charge in [0.2, 0.25) is 0 Å². The van der Waals surface area contributed by atoms with E-state index in [9.17, 15) is 9.59 Å². The molecular formula is C13H21NO4. The molecule has 5 nitrogen and oxygen atoms in total. The van der Waals surface area contributed by atoms with Gasteiger partial charge in [-0.15, -0.1) is 0 Å². The van der Waals surface area contributed by atoms with Crippen LogP contribution in [-0.4, -0.2) is 46.7 Å². The van der Waals surface area contributed by atoms with Gasteiger partial charge in [-0.05, 0) is 32.6 Å². The molecule has 2 fully saturated rings. The molecule has 0 radical (unpaired) electrons. The first-order valence-corrected chi connectivity index (χ1v) is 6.82. The maximum Gasteiger partial charge on any atom is 0.332 e. The van der Waals surface area contributed by atoms with Gasteiger partial charge in [0.1, 0.15) is 6.10 Å². The molecule has 0 bridgehead atoms. The van der Waals surface area contributed by atoms with Gasteiger partial charge in [0.25, 0.3) is 5.91 Å². The summed E-state index contributed by atoms with van der Waals surface area (Å²) in [6, 6.07) is 0.329. The molecule has 2 atom stereocenters. The van der Waals surface area contributed by atoms with Crippen molar-refractivity contribution in [3.63, 3.8) is 0 Å². The lowest BCUT2D eigenvalue weighted by Crippen LogP contribution is -2.44. The SMILES string of the molecule is CCN(C(=O)[C@@H]1CC[C@H](C(=O)O)O1)C1CCCC1. The minimum absolute atomic E-state index is 0.0202. The number of carboxylic acid groups (broad SMARTS) is 1. The Morgan fingerprint density at radius 1 is 1.17 bits per heavy atom. The van der Waals surface area contributed by atoms with Crippen LogP contribution >= 0.6 is 0 Å². The van der Waals surface area contributed by atoms with Crippen molar-refractivity contribution in [2.24, 2.45) is 0 Å². The molecule has 1 saturated heterocycles. The minimum Gasteiger partial charge on any atom is -0.479 e. The van der Waals surface area contributed by atoms with Crippen molar-refractivity contribution in [1.29, 1.82) is 0 Å². The second-order valence-corrected chi connectivity index (χ2v) is 5.09. The van der Waals surface area contributed by atoms with E-state index in [0.29, 0.717) is 25.4 Å². The summed E-state index contributed by atoms with van der Waals surface area (Å²) < 4.78 is 5.34. The zero-order valence-corrected chi connectivity index (χ0v) is 10.8. The Kier molecular flexibility index (Phi) is 4.22. The lowest BCUT2D eigenvalue weighted by Gasteiger charge is -2.29. The highest BCUT2D eigenvalue weighted by Gasteiger charge is 2.38. The average molecular weight is 255 g/mol. The predicted octanol–water partition coefficient (Wildman–Crippen LogP) is 1.41. The van der Waals surface area contributed by atoms with Crippen LogP contribution in [0.2, 0.25) is 0 Å². The number of aliphatic carboxylic acids is 1. The zero-order chi connectivity index (χ0) is 13.1. The zero-order valence-electron chi connectivity index (χ0n) is 10.8. The van der Waals surface area contributed by atoms with Gasteiger partial charge in [-0.25, -0.2) is 4.79 Å². The quantitative estimate of drug-likeness (QED) is 0.824.